The molecule has 3 fully saturated rings. The number of amides is 1. The van der Waals surface area contributed by atoms with Crippen LogP contribution < -0.4 is 9.64 Å². The van der Waals surface area contributed by atoms with Crippen LogP contribution in [0.15, 0.2) is 59.6 Å². The zero-order valence-electron chi connectivity index (χ0n) is 19.0. The van der Waals surface area contributed by atoms with Gasteiger partial charge in [0.1, 0.15) is 11.6 Å². The molecule has 5 heteroatoms. The molecule has 1 spiro atoms. The molecule has 2 saturated heterocycles. The number of likely N-dealkylation sites (tertiary alicyclic amines) is 1. The van der Waals surface area contributed by atoms with Gasteiger partial charge in [-0.1, -0.05) is 43.9 Å². The Bertz CT molecular complexity index is 958. The Hall–Kier alpha value is -2.66. The molecule has 32 heavy (non-hydrogen) atoms. The minimum Gasteiger partial charge on any atom is -0.497 e. The molecular formula is C27H33N3O2. The van der Waals surface area contributed by atoms with Crippen LogP contribution in [0.5, 0.6) is 5.75 Å². The average Bonchev–Trinajstić information content (AvgIpc) is 3.08. The molecule has 0 aromatic heterocycles. The van der Waals surface area contributed by atoms with E-state index in [0.29, 0.717) is 0 Å². The van der Waals surface area contributed by atoms with E-state index < -0.39 is 0 Å². The van der Waals surface area contributed by atoms with E-state index in [-0.39, 0.29) is 17.4 Å². The Labute approximate surface area is 191 Å². The Morgan fingerprint density at radius 3 is 2.19 bits per heavy atom. The van der Waals surface area contributed by atoms with Gasteiger partial charge in [0.25, 0.3) is 0 Å². The van der Waals surface area contributed by atoms with Gasteiger partial charge in [0, 0.05) is 0 Å². The summed E-state index contributed by atoms with van der Waals surface area (Å²) in [4.78, 5) is 23.9. The van der Waals surface area contributed by atoms with E-state index in [1.165, 1.54) is 25.7 Å². The molecule has 1 unspecified atom stereocenters. The van der Waals surface area contributed by atoms with Crippen molar-refractivity contribution in [1.82, 2.24) is 4.90 Å². The molecule has 1 atom stereocenters. The molecule has 2 aromatic rings. The Morgan fingerprint density at radius 2 is 1.53 bits per heavy atom. The van der Waals surface area contributed by atoms with Crippen molar-refractivity contribution in [2.75, 3.05) is 25.1 Å². The fourth-order valence-corrected chi connectivity index (χ4v) is 5.90. The standard InChI is InChI=1S/C27H33N3O2/c1-32-23-15-13-21(14-16-23)28-25-24(29-19-9-4-10-20-29)27(17-7-3-8-18-27)26(31)30(25)22-11-5-2-6-12-22/h2,5-6,11-16,24H,3-4,7-10,17-20H2,1H3. The number of carbonyl (C=O) groups excluding carboxylic acids is 1. The highest BCUT2D eigenvalue weighted by Crippen LogP contribution is 2.50. The smallest absolute Gasteiger partial charge is 0.240 e. The predicted octanol–water partition coefficient (Wildman–Crippen LogP) is 5.58. The molecule has 3 aliphatic rings. The van der Waals surface area contributed by atoms with Crippen molar-refractivity contribution in [3.63, 3.8) is 0 Å². The van der Waals surface area contributed by atoms with E-state index in [1.807, 2.05) is 59.5 Å². The van der Waals surface area contributed by atoms with Gasteiger partial charge < -0.3 is 4.74 Å². The SMILES string of the molecule is COc1ccc(N=C2C(N3CCCCC3)C3(CCCCC3)C(=O)N2c2ccccc2)cc1. The zero-order chi connectivity index (χ0) is 22.0. The predicted molar refractivity (Wildman–Crippen MR) is 129 cm³/mol. The van der Waals surface area contributed by atoms with Gasteiger partial charge in [0.05, 0.1) is 29.9 Å². The zero-order valence-corrected chi connectivity index (χ0v) is 19.0. The minimum atomic E-state index is -0.364. The van der Waals surface area contributed by atoms with Crippen LogP contribution in [-0.4, -0.2) is 42.9 Å². The van der Waals surface area contributed by atoms with Crippen LogP contribution in [0.25, 0.3) is 0 Å². The van der Waals surface area contributed by atoms with Crippen molar-refractivity contribution in [3.05, 3.63) is 54.6 Å². The lowest BCUT2D eigenvalue weighted by Crippen LogP contribution is -2.52. The van der Waals surface area contributed by atoms with Crippen LogP contribution in [0.3, 0.4) is 0 Å². The molecule has 5 nitrogen and oxygen atoms in total. The number of anilines is 1. The van der Waals surface area contributed by atoms with Gasteiger partial charge in [0.2, 0.25) is 5.91 Å². The van der Waals surface area contributed by atoms with Crippen LogP contribution in [0, 0.1) is 5.41 Å². The average molecular weight is 432 g/mol. The third kappa shape index (κ3) is 3.73. The molecule has 2 aromatic carbocycles. The molecule has 168 valence electrons. The molecule has 2 aliphatic heterocycles. The number of para-hydroxylation sites is 1. The first-order valence-corrected chi connectivity index (χ1v) is 12.1. The van der Waals surface area contributed by atoms with Crippen molar-refractivity contribution >= 4 is 23.1 Å². The van der Waals surface area contributed by atoms with Gasteiger partial charge in [-0.25, -0.2) is 4.99 Å². The fraction of sp³-hybridized carbons (Fsp3) is 0.481. The van der Waals surface area contributed by atoms with E-state index in [0.717, 1.165) is 61.7 Å². The molecule has 1 amide bonds. The first-order chi connectivity index (χ1) is 15.7. The van der Waals surface area contributed by atoms with Crippen molar-refractivity contribution in [2.45, 2.75) is 57.4 Å². The van der Waals surface area contributed by atoms with E-state index in [4.69, 9.17) is 9.73 Å². The largest absolute Gasteiger partial charge is 0.497 e. The summed E-state index contributed by atoms with van der Waals surface area (Å²) >= 11 is 0. The lowest BCUT2D eigenvalue weighted by atomic mass is 9.69. The summed E-state index contributed by atoms with van der Waals surface area (Å²) in [5, 5.41) is 0. The monoisotopic (exact) mass is 431 g/mol. The second-order valence-corrected chi connectivity index (χ2v) is 9.36. The van der Waals surface area contributed by atoms with Crippen LogP contribution in [0.2, 0.25) is 0 Å². The van der Waals surface area contributed by atoms with Gasteiger partial charge in [-0.3, -0.25) is 14.6 Å². The van der Waals surface area contributed by atoms with Gasteiger partial charge in [-0.2, -0.15) is 0 Å². The first-order valence-electron chi connectivity index (χ1n) is 12.1. The van der Waals surface area contributed by atoms with Crippen molar-refractivity contribution < 1.29 is 9.53 Å². The number of benzene rings is 2. The Balaban J connectivity index is 1.66. The highest BCUT2D eigenvalue weighted by atomic mass is 16.5. The van der Waals surface area contributed by atoms with Crippen LogP contribution in [0.4, 0.5) is 11.4 Å². The maximum Gasteiger partial charge on any atom is 0.240 e. The molecule has 5 rings (SSSR count). The second-order valence-electron chi connectivity index (χ2n) is 9.36. The quantitative estimate of drug-likeness (QED) is 0.635. The topological polar surface area (TPSA) is 45.1 Å². The van der Waals surface area contributed by atoms with Gasteiger partial charge in [-0.15, -0.1) is 0 Å². The number of ether oxygens (including phenoxy) is 1. The number of hydrogen-bond donors (Lipinski definition) is 0. The molecule has 0 N–H and O–H groups in total. The summed E-state index contributed by atoms with van der Waals surface area (Å²) in [6, 6.07) is 18.0. The molecular weight excluding hydrogens is 398 g/mol. The summed E-state index contributed by atoms with van der Waals surface area (Å²) in [7, 11) is 1.67. The van der Waals surface area contributed by atoms with E-state index in [2.05, 4.69) is 4.90 Å². The summed E-state index contributed by atoms with van der Waals surface area (Å²) in [6.07, 6.45) is 9.04. The molecule has 0 bridgehead atoms. The van der Waals surface area contributed by atoms with E-state index >= 15 is 0 Å². The number of piperidine rings is 1. The van der Waals surface area contributed by atoms with Crippen LogP contribution >= 0.6 is 0 Å². The third-order valence-electron chi connectivity index (χ3n) is 7.46. The number of aliphatic imine (C=N–C) groups is 1. The van der Waals surface area contributed by atoms with Crippen LogP contribution in [0.1, 0.15) is 51.4 Å². The maximum atomic E-state index is 14.2. The maximum absolute atomic E-state index is 14.2. The molecule has 0 radical (unpaired) electrons. The van der Waals surface area contributed by atoms with E-state index in [1.54, 1.807) is 7.11 Å². The fourth-order valence-electron chi connectivity index (χ4n) is 5.90. The number of hydrogen-bond acceptors (Lipinski definition) is 4. The summed E-state index contributed by atoms with van der Waals surface area (Å²) in [6.45, 7) is 2.09. The summed E-state index contributed by atoms with van der Waals surface area (Å²) in [5.41, 5.74) is 1.43. The van der Waals surface area contributed by atoms with Crippen molar-refractivity contribution in [2.24, 2.45) is 10.4 Å². The second kappa shape index (κ2) is 9.07. The van der Waals surface area contributed by atoms with Crippen molar-refractivity contribution in [1.29, 1.82) is 0 Å². The number of nitrogens with zero attached hydrogens (tertiary/aromatic N) is 3. The van der Waals surface area contributed by atoms with Crippen molar-refractivity contribution in [3.8, 4) is 5.75 Å². The molecule has 2 heterocycles. The normalized spacial score (nSPS) is 24.9. The van der Waals surface area contributed by atoms with Gasteiger partial charge in [-0.05, 0) is 75.2 Å². The van der Waals surface area contributed by atoms with Gasteiger partial charge in [0.15, 0.2) is 0 Å². The Kier molecular flexibility index (Phi) is 6.01. The third-order valence-corrected chi connectivity index (χ3v) is 7.46. The highest BCUT2D eigenvalue weighted by molar-refractivity contribution is 6.27. The number of methoxy groups -OCH3 is 1. The van der Waals surface area contributed by atoms with E-state index in [9.17, 15) is 4.79 Å². The Morgan fingerprint density at radius 1 is 0.875 bits per heavy atom. The molecule has 1 saturated carbocycles. The summed E-state index contributed by atoms with van der Waals surface area (Å²) in [5.74, 6) is 1.95. The lowest BCUT2D eigenvalue weighted by Gasteiger charge is -2.42. The molecule has 1 aliphatic carbocycles. The number of amidine groups is 1. The first kappa shape index (κ1) is 21.2. The van der Waals surface area contributed by atoms with Crippen LogP contribution in [-0.2, 0) is 4.79 Å². The highest BCUT2D eigenvalue weighted by Gasteiger charge is 2.60. The minimum absolute atomic E-state index is 0.0397. The lowest BCUT2D eigenvalue weighted by molar-refractivity contribution is -0.130. The number of carbonyl (C=O) groups is 1. The summed E-state index contributed by atoms with van der Waals surface area (Å²) < 4.78 is 5.33. The van der Waals surface area contributed by atoms with Gasteiger partial charge >= 0.3 is 0 Å². The number of rotatable bonds is 4.